The summed E-state index contributed by atoms with van der Waals surface area (Å²) in [6.07, 6.45) is 0. The lowest BCUT2D eigenvalue weighted by molar-refractivity contribution is 1.00. The van der Waals surface area contributed by atoms with Crippen molar-refractivity contribution in [1.82, 2.24) is 9.55 Å². The van der Waals surface area contributed by atoms with E-state index >= 15 is 0 Å². The van der Waals surface area contributed by atoms with Gasteiger partial charge in [-0.25, -0.2) is 4.98 Å². The summed E-state index contributed by atoms with van der Waals surface area (Å²) in [6, 6.07) is 46.1. The molecule has 8 rings (SSSR count). The second-order valence-electron chi connectivity index (χ2n) is 10.0. The van der Waals surface area contributed by atoms with Crippen molar-refractivity contribution in [2.75, 3.05) is 0 Å². The van der Waals surface area contributed by atoms with Crippen LogP contribution in [0.15, 0.2) is 127 Å². The molecule has 0 aliphatic heterocycles. The average molecular weight is 485 g/mol. The van der Waals surface area contributed by atoms with E-state index in [1.54, 1.807) is 0 Å². The van der Waals surface area contributed by atoms with E-state index in [9.17, 15) is 0 Å². The molecule has 8 aromatic rings. The predicted molar refractivity (Wildman–Crippen MR) is 161 cm³/mol. The fourth-order valence-corrected chi connectivity index (χ4v) is 6.27. The first-order chi connectivity index (χ1) is 18.8. The van der Waals surface area contributed by atoms with Crippen LogP contribution in [0.25, 0.3) is 70.9 Å². The Morgan fingerprint density at radius 3 is 1.74 bits per heavy atom. The predicted octanol–water partition coefficient (Wildman–Crippen LogP) is 9.61. The van der Waals surface area contributed by atoms with Gasteiger partial charge in [0.1, 0.15) is 5.82 Å². The van der Waals surface area contributed by atoms with Gasteiger partial charge in [-0.05, 0) is 91.5 Å². The summed E-state index contributed by atoms with van der Waals surface area (Å²) >= 11 is 0. The first-order valence-corrected chi connectivity index (χ1v) is 13.1. The second kappa shape index (κ2) is 8.03. The summed E-state index contributed by atoms with van der Waals surface area (Å²) in [6.45, 7) is 2.07. The summed E-state index contributed by atoms with van der Waals surface area (Å²) in [5, 5.41) is 10.4. The van der Waals surface area contributed by atoms with Gasteiger partial charge in [-0.1, -0.05) is 97.1 Å². The molecule has 0 amide bonds. The van der Waals surface area contributed by atoms with Gasteiger partial charge in [-0.2, -0.15) is 0 Å². The second-order valence-corrected chi connectivity index (χ2v) is 10.0. The Morgan fingerprint density at radius 2 is 1.03 bits per heavy atom. The Morgan fingerprint density at radius 1 is 0.500 bits per heavy atom. The number of rotatable bonds is 2. The number of aryl methyl sites for hydroxylation is 1. The molecular weight excluding hydrogens is 460 g/mol. The molecule has 0 bridgehead atoms. The molecule has 38 heavy (non-hydrogen) atoms. The average Bonchev–Trinajstić information content (AvgIpc) is 3.32. The van der Waals surface area contributed by atoms with Crippen molar-refractivity contribution in [1.29, 1.82) is 0 Å². The third-order valence-corrected chi connectivity index (χ3v) is 7.91. The van der Waals surface area contributed by atoms with Crippen molar-refractivity contribution in [3.05, 3.63) is 133 Å². The summed E-state index contributed by atoms with van der Waals surface area (Å²) in [5.41, 5.74) is 5.75. The van der Waals surface area contributed by atoms with Crippen LogP contribution in [0.1, 0.15) is 5.82 Å². The molecule has 0 aliphatic rings. The van der Waals surface area contributed by atoms with Gasteiger partial charge in [-0.3, -0.25) is 4.57 Å². The fraction of sp³-hybridized carbons (Fsp3) is 0.0278. The van der Waals surface area contributed by atoms with Gasteiger partial charge in [-0.15, -0.1) is 0 Å². The lowest BCUT2D eigenvalue weighted by Crippen LogP contribution is -1.96. The maximum absolute atomic E-state index is 4.76. The Hall–Kier alpha value is -4.95. The molecule has 0 N–H and O–H groups in total. The minimum absolute atomic E-state index is 0.994. The van der Waals surface area contributed by atoms with Crippen molar-refractivity contribution < 1.29 is 0 Å². The zero-order valence-electron chi connectivity index (χ0n) is 21.0. The number of hydrogen-bond acceptors (Lipinski definition) is 1. The molecule has 2 nitrogen and oxygen atoms in total. The highest BCUT2D eigenvalue weighted by molar-refractivity contribution is 6.32. The van der Waals surface area contributed by atoms with E-state index < -0.39 is 0 Å². The van der Waals surface area contributed by atoms with E-state index in [0.717, 1.165) is 22.5 Å². The molecule has 178 valence electrons. The third-order valence-electron chi connectivity index (χ3n) is 7.91. The van der Waals surface area contributed by atoms with Crippen LogP contribution in [0.3, 0.4) is 0 Å². The zero-order valence-corrected chi connectivity index (χ0v) is 21.0. The van der Waals surface area contributed by atoms with Gasteiger partial charge in [0, 0.05) is 5.69 Å². The van der Waals surface area contributed by atoms with Crippen molar-refractivity contribution in [3.8, 4) is 16.8 Å². The molecule has 0 spiro atoms. The number of benzene rings is 7. The molecule has 1 aromatic heterocycles. The number of para-hydroxylation sites is 2. The van der Waals surface area contributed by atoms with E-state index in [0.29, 0.717) is 0 Å². The molecule has 2 heteroatoms. The van der Waals surface area contributed by atoms with Gasteiger partial charge >= 0.3 is 0 Å². The standard InChI is InChI=1S/C36H24N2/c1-23-37-34-16-8-9-17-35(34)38(23)25-20-18-24(19-21-25)32-22-33-28-12-3-2-10-26(28)27-11-4-6-14-30(27)36(33)31-15-7-5-13-29(31)32/h2-22H,1H3. The van der Waals surface area contributed by atoms with E-state index in [1.807, 2.05) is 6.07 Å². The summed E-state index contributed by atoms with van der Waals surface area (Å²) in [7, 11) is 0. The van der Waals surface area contributed by atoms with Gasteiger partial charge in [0.05, 0.1) is 11.0 Å². The van der Waals surface area contributed by atoms with E-state index in [2.05, 4.69) is 133 Å². The van der Waals surface area contributed by atoms with Crippen LogP contribution in [-0.2, 0) is 0 Å². The van der Waals surface area contributed by atoms with Crippen LogP contribution in [0.5, 0.6) is 0 Å². The number of fused-ring (bicyclic) bond motifs is 9. The van der Waals surface area contributed by atoms with Crippen molar-refractivity contribution in [2.45, 2.75) is 6.92 Å². The minimum Gasteiger partial charge on any atom is -0.297 e. The van der Waals surface area contributed by atoms with Crippen LogP contribution >= 0.6 is 0 Å². The number of imidazole rings is 1. The highest BCUT2D eigenvalue weighted by atomic mass is 15.1. The van der Waals surface area contributed by atoms with Crippen LogP contribution in [-0.4, -0.2) is 9.55 Å². The molecular formula is C36H24N2. The van der Waals surface area contributed by atoms with Gasteiger partial charge in [0.25, 0.3) is 0 Å². The molecule has 7 aromatic carbocycles. The van der Waals surface area contributed by atoms with Crippen LogP contribution in [0, 0.1) is 6.92 Å². The van der Waals surface area contributed by atoms with Crippen molar-refractivity contribution >= 4 is 54.1 Å². The molecule has 0 saturated carbocycles. The summed E-state index contributed by atoms with van der Waals surface area (Å²) in [5.74, 6) is 0.994. The first kappa shape index (κ1) is 21.2. The highest BCUT2D eigenvalue weighted by Crippen LogP contribution is 2.42. The molecule has 0 unspecified atom stereocenters. The molecule has 0 radical (unpaired) electrons. The largest absolute Gasteiger partial charge is 0.297 e. The van der Waals surface area contributed by atoms with Crippen LogP contribution in [0.4, 0.5) is 0 Å². The van der Waals surface area contributed by atoms with Gasteiger partial charge in [0.2, 0.25) is 0 Å². The Bertz CT molecular complexity index is 2180. The highest BCUT2D eigenvalue weighted by Gasteiger charge is 2.15. The van der Waals surface area contributed by atoms with E-state index in [4.69, 9.17) is 4.98 Å². The Balaban J connectivity index is 1.42. The lowest BCUT2D eigenvalue weighted by atomic mass is 9.87. The third kappa shape index (κ3) is 2.98. The number of nitrogens with zero attached hydrogens (tertiary/aromatic N) is 2. The normalized spacial score (nSPS) is 11.8. The fourth-order valence-electron chi connectivity index (χ4n) is 6.27. The van der Waals surface area contributed by atoms with Crippen molar-refractivity contribution in [3.63, 3.8) is 0 Å². The smallest absolute Gasteiger partial charge is 0.111 e. The summed E-state index contributed by atoms with van der Waals surface area (Å²) in [4.78, 5) is 4.76. The SMILES string of the molecule is Cc1nc2ccccc2n1-c1ccc(-c2cc3c4ccccc4c4ccccc4c3c3ccccc23)cc1. The number of hydrogen-bond donors (Lipinski definition) is 0. The molecule has 0 atom stereocenters. The molecule has 0 saturated heterocycles. The van der Waals surface area contributed by atoms with Gasteiger partial charge in [0.15, 0.2) is 0 Å². The minimum atomic E-state index is 0.994. The Kier molecular flexibility index (Phi) is 4.47. The molecule has 0 fully saturated rings. The van der Waals surface area contributed by atoms with Crippen LogP contribution < -0.4 is 0 Å². The maximum Gasteiger partial charge on any atom is 0.111 e. The quantitative estimate of drug-likeness (QED) is 0.223. The molecule has 1 heterocycles. The van der Waals surface area contributed by atoms with Gasteiger partial charge < -0.3 is 0 Å². The lowest BCUT2D eigenvalue weighted by Gasteiger charge is -2.16. The zero-order chi connectivity index (χ0) is 25.2. The summed E-state index contributed by atoms with van der Waals surface area (Å²) < 4.78 is 2.23. The van der Waals surface area contributed by atoms with Crippen molar-refractivity contribution in [2.24, 2.45) is 0 Å². The maximum atomic E-state index is 4.76. The monoisotopic (exact) mass is 484 g/mol. The van der Waals surface area contributed by atoms with E-state index in [-0.39, 0.29) is 0 Å². The van der Waals surface area contributed by atoms with E-state index in [1.165, 1.54) is 54.2 Å². The first-order valence-electron chi connectivity index (χ1n) is 13.1. The topological polar surface area (TPSA) is 17.8 Å². The van der Waals surface area contributed by atoms with Crippen LogP contribution in [0.2, 0.25) is 0 Å². The molecule has 0 aliphatic carbocycles. The Labute approximate surface area is 220 Å². The number of aromatic nitrogens is 2.